The highest BCUT2D eigenvalue weighted by atomic mass is 35.5. The first kappa shape index (κ1) is 19.4. The zero-order valence-corrected chi connectivity index (χ0v) is 15.7. The van der Waals surface area contributed by atoms with Gasteiger partial charge in [0.1, 0.15) is 11.3 Å². The maximum atomic E-state index is 12.2. The highest BCUT2D eigenvalue weighted by Crippen LogP contribution is 2.20. The molecule has 0 saturated carbocycles. The first-order chi connectivity index (χ1) is 13.5. The molecule has 1 aliphatic rings. The van der Waals surface area contributed by atoms with Crippen molar-refractivity contribution in [3.05, 3.63) is 71.0 Å². The van der Waals surface area contributed by atoms with Crippen molar-refractivity contribution in [3.8, 4) is 0 Å². The zero-order chi connectivity index (χ0) is 19.9. The molecule has 0 radical (unpaired) electrons. The number of aliphatic hydroxyl groups excluding tert-OH is 1. The van der Waals surface area contributed by atoms with E-state index in [2.05, 4.69) is 21.2 Å². The lowest BCUT2D eigenvalue weighted by atomic mass is 10.0. The zero-order valence-electron chi connectivity index (χ0n) is 14.9. The molecule has 8 heteroatoms. The second-order valence-corrected chi connectivity index (χ2v) is 6.52. The van der Waals surface area contributed by atoms with Crippen molar-refractivity contribution in [2.24, 2.45) is 4.99 Å². The van der Waals surface area contributed by atoms with Crippen molar-refractivity contribution >= 4 is 40.5 Å². The molecule has 3 rings (SSSR count). The number of amides is 2. The highest BCUT2D eigenvalue weighted by Gasteiger charge is 2.27. The Bertz CT molecular complexity index is 941. The van der Waals surface area contributed by atoms with Crippen LogP contribution in [0.15, 0.2) is 70.9 Å². The number of nitrogens with one attached hydrogen (secondary N) is 3. The predicted octanol–water partition coefficient (Wildman–Crippen LogP) is 3.28. The van der Waals surface area contributed by atoms with Gasteiger partial charge in [0.2, 0.25) is 5.91 Å². The van der Waals surface area contributed by atoms with Crippen LogP contribution in [-0.2, 0) is 9.59 Å². The van der Waals surface area contributed by atoms with Gasteiger partial charge in [0.05, 0.1) is 23.6 Å². The normalized spacial score (nSPS) is 14.0. The maximum Gasteiger partial charge on any atom is 0.257 e. The maximum absolute atomic E-state index is 12.2. The molecule has 0 aliphatic carbocycles. The van der Waals surface area contributed by atoms with Crippen molar-refractivity contribution in [1.29, 1.82) is 0 Å². The van der Waals surface area contributed by atoms with Crippen LogP contribution in [0.25, 0.3) is 0 Å². The molecule has 0 atom stereocenters. The average molecular weight is 399 g/mol. The second-order valence-electron chi connectivity index (χ2n) is 6.08. The third-order valence-corrected chi connectivity index (χ3v) is 4.24. The SMILES string of the molecule is O=C(CCC(=Nc1ccccc1)C1=C(O)CNC1=O)NNc1cccc(Cl)c1. The number of carbonyl (C=O) groups excluding carboxylic acids is 2. The topological polar surface area (TPSA) is 103 Å². The van der Waals surface area contributed by atoms with Gasteiger partial charge in [-0.05, 0) is 36.8 Å². The van der Waals surface area contributed by atoms with Crippen LogP contribution >= 0.6 is 11.6 Å². The molecule has 0 fully saturated rings. The van der Waals surface area contributed by atoms with Gasteiger partial charge in [0, 0.05) is 11.4 Å². The number of hydrogen-bond acceptors (Lipinski definition) is 5. The van der Waals surface area contributed by atoms with Crippen LogP contribution in [0.5, 0.6) is 0 Å². The number of hydrazine groups is 1. The molecule has 2 amide bonds. The smallest absolute Gasteiger partial charge is 0.257 e. The molecule has 144 valence electrons. The van der Waals surface area contributed by atoms with Crippen LogP contribution in [0.2, 0.25) is 5.02 Å². The number of hydrogen-bond donors (Lipinski definition) is 4. The fourth-order valence-corrected chi connectivity index (χ4v) is 2.86. The second kappa shape index (κ2) is 9.05. The van der Waals surface area contributed by atoms with Gasteiger partial charge in [-0.15, -0.1) is 0 Å². The quantitative estimate of drug-likeness (QED) is 0.424. The van der Waals surface area contributed by atoms with E-state index in [1.54, 1.807) is 36.4 Å². The first-order valence-corrected chi connectivity index (χ1v) is 9.04. The Morgan fingerprint density at radius 2 is 1.93 bits per heavy atom. The van der Waals surface area contributed by atoms with E-state index in [-0.39, 0.29) is 36.6 Å². The van der Waals surface area contributed by atoms with Crippen LogP contribution in [-0.4, -0.2) is 29.2 Å². The number of nitrogens with zero attached hydrogens (tertiary/aromatic N) is 1. The van der Waals surface area contributed by atoms with Crippen LogP contribution in [0.4, 0.5) is 11.4 Å². The van der Waals surface area contributed by atoms with E-state index >= 15 is 0 Å². The Morgan fingerprint density at radius 3 is 2.61 bits per heavy atom. The van der Waals surface area contributed by atoms with Crippen LogP contribution in [0, 0.1) is 0 Å². The summed E-state index contributed by atoms with van der Waals surface area (Å²) in [6.45, 7) is 0.0600. The van der Waals surface area contributed by atoms with Crippen LogP contribution in [0.1, 0.15) is 12.8 Å². The molecule has 7 nitrogen and oxygen atoms in total. The third kappa shape index (κ3) is 5.11. The summed E-state index contributed by atoms with van der Waals surface area (Å²) in [5, 5.41) is 13.1. The van der Waals surface area contributed by atoms with E-state index in [0.29, 0.717) is 22.1 Å². The molecule has 2 aromatic rings. The van der Waals surface area contributed by atoms with E-state index in [9.17, 15) is 14.7 Å². The number of aliphatic imine (C=N–C) groups is 1. The number of benzene rings is 2. The van der Waals surface area contributed by atoms with Gasteiger partial charge in [0.15, 0.2) is 0 Å². The fraction of sp³-hybridized carbons (Fsp3) is 0.150. The van der Waals surface area contributed by atoms with Crippen LogP contribution < -0.4 is 16.2 Å². The van der Waals surface area contributed by atoms with Gasteiger partial charge in [-0.2, -0.15) is 0 Å². The Kier molecular flexibility index (Phi) is 6.29. The summed E-state index contributed by atoms with van der Waals surface area (Å²) in [6.07, 6.45) is 0.258. The lowest BCUT2D eigenvalue weighted by molar-refractivity contribution is -0.120. The molecule has 0 saturated heterocycles. The largest absolute Gasteiger partial charge is 0.510 e. The molecular weight excluding hydrogens is 380 g/mol. The van der Waals surface area contributed by atoms with Gasteiger partial charge in [0.25, 0.3) is 5.91 Å². The minimum atomic E-state index is -0.398. The van der Waals surface area contributed by atoms with E-state index in [0.717, 1.165) is 0 Å². The number of para-hydroxylation sites is 1. The highest BCUT2D eigenvalue weighted by molar-refractivity contribution is 6.30. The Balaban J connectivity index is 1.68. The van der Waals surface area contributed by atoms with Crippen molar-refractivity contribution in [3.63, 3.8) is 0 Å². The van der Waals surface area contributed by atoms with Gasteiger partial charge < -0.3 is 10.4 Å². The van der Waals surface area contributed by atoms with E-state index in [1.807, 2.05) is 18.2 Å². The molecule has 1 heterocycles. The molecule has 1 aliphatic heterocycles. The number of halogens is 1. The van der Waals surface area contributed by atoms with Crippen molar-refractivity contribution in [2.75, 3.05) is 12.0 Å². The van der Waals surface area contributed by atoms with Gasteiger partial charge in [-0.3, -0.25) is 25.4 Å². The molecule has 0 aromatic heterocycles. The molecule has 0 bridgehead atoms. The summed E-state index contributed by atoms with van der Waals surface area (Å²) >= 11 is 5.90. The van der Waals surface area contributed by atoms with Gasteiger partial charge in [-0.25, -0.2) is 0 Å². The van der Waals surface area contributed by atoms with Crippen molar-refractivity contribution < 1.29 is 14.7 Å². The molecule has 4 N–H and O–H groups in total. The molecule has 2 aromatic carbocycles. The first-order valence-electron chi connectivity index (χ1n) is 8.66. The standard InChI is InChI=1S/C20H19ClN4O3/c21-13-5-4-8-15(11-13)24-25-18(27)10-9-16(19-17(26)12-22-20(19)28)23-14-6-2-1-3-7-14/h1-8,11,24,26H,9-10,12H2,(H,22,28)(H,25,27). The van der Waals surface area contributed by atoms with Gasteiger partial charge >= 0.3 is 0 Å². The molecule has 28 heavy (non-hydrogen) atoms. The van der Waals surface area contributed by atoms with E-state index in [1.165, 1.54) is 0 Å². The lowest BCUT2D eigenvalue weighted by Crippen LogP contribution is -2.30. The Hall–Kier alpha value is -3.32. The summed E-state index contributed by atoms with van der Waals surface area (Å²) in [5.41, 5.74) is 7.12. The van der Waals surface area contributed by atoms with Crippen LogP contribution in [0.3, 0.4) is 0 Å². The summed E-state index contributed by atoms with van der Waals surface area (Å²) < 4.78 is 0. The minimum Gasteiger partial charge on any atom is -0.510 e. The summed E-state index contributed by atoms with van der Waals surface area (Å²) in [4.78, 5) is 28.7. The summed E-state index contributed by atoms with van der Waals surface area (Å²) in [7, 11) is 0. The molecule has 0 unspecified atom stereocenters. The van der Waals surface area contributed by atoms with Gasteiger partial charge in [-0.1, -0.05) is 35.9 Å². The number of aliphatic hydroxyl groups is 1. The Labute approximate surface area is 167 Å². The number of anilines is 1. The average Bonchev–Trinajstić information content (AvgIpc) is 3.02. The van der Waals surface area contributed by atoms with E-state index < -0.39 is 5.91 Å². The number of carbonyl (C=O) groups is 2. The van der Waals surface area contributed by atoms with Crippen molar-refractivity contribution in [1.82, 2.24) is 10.7 Å². The molecule has 0 spiro atoms. The minimum absolute atomic E-state index is 0.0600. The fourth-order valence-electron chi connectivity index (χ4n) is 2.67. The lowest BCUT2D eigenvalue weighted by Gasteiger charge is -2.10. The monoisotopic (exact) mass is 398 g/mol. The third-order valence-electron chi connectivity index (χ3n) is 4.00. The summed E-state index contributed by atoms with van der Waals surface area (Å²) in [6, 6.07) is 16.0. The molecular formula is C20H19ClN4O3. The predicted molar refractivity (Wildman–Crippen MR) is 109 cm³/mol. The summed E-state index contributed by atoms with van der Waals surface area (Å²) in [5.74, 6) is -0.763. The van der Waals surface area contributed by atoms with Crippen molar-refractivity contribution in [2.45, 2.75) is 12.8 Å². The Morgan fingerprint density at radius 1 is 1.14 bits per heavy atom. The number of rotatable bonds is 7. The van der Waals surface area contributed by atoms with E-state index in [4.69, 9.17) is 11.6 Å².